The SMILES string of the molecule is CC1CC2(CCN(CCc3ccccc3)CO2)CN(c2cccc(C#N)c2)C1=O. The summed E-state index contributed by atoms with van der Waals surface area (Å²) in [5.41, 5.74) is 2.39. The molecule has 1 amide bonds. The van der Waals surface area contributed by atoms with E-state index in [2.05, 4.69) is 35.2 Å². The minimum absolute atomic E-state index is 0.0923. The molecule has 0 aromatic heterocycles. The van der Waals surface area contributed by atoms with Crippen molar-refractivity contribution in [2.24, 2.45) is 5.92 Å². The second-order valence-corrected chi connectivity index (χ2v) is 8.25. The maximum Gasteiger partial charge on any atom is 0.230 e. The van der Waals surface area contributed by atoms with E-state index in [0.29, 0.717) is 18.8 Å². The van der Waals surface area contributed by atoms with Gasteiger partial charge in [0.15, 0.2) is 0 Å². The molecule has 4 rings (SSSR count). The minimum atomic E-state index is -0.306. The zero-order chi connectivity index (χ0) is 20.3. The summed E-state index contributed by atoms with van der Waals surface area (Å²) >= 11 is 0. The molecule has 0 bridgehead atoms. The number of hydrogen-bond donors (Lipinski definition) is 0. The number of carbonyl (C=O) groups excluding carboxylic acids is 1. The molecule has 0 radical (unpaired) electrons. The van der Waals surface area contributed by atoms with Gasteiger partial charge in [-0.1, -0.05) is 43.3 Å². The van der Waals surface area contributed by atoms with Crippen LogP contribution in [0.2, 0.25) is 0 Å². The fraction of sp³-hybridized carbons (Fsp3) is 0.417. The number of piperidine rings is 1. The lowest BCUT2D eigenvalue weighted by Gasteiger charge is -2.48. The van der Waals surface area contributed by atoms with Crippen LogP contribution in [0.4, 0.5) is 5.69 Å². The molecular formula is C24H27N3O2. The van der Waals surface area contributed by atoms with E-state index < -0.39 is 0 Å². The highest BCUT2D eigenvalue weighted by Crippen LogP contribution is 2.37. The Labute approximate surface area is 172 Å². The second kappa shape index (κ2) is 8.36. The number of hydrogen-bond acceptors (Lipinski definition) is 4. The van der Waals surface area contributed by atoms with Gasteiger partial charge in [0.25, 0.3) is 0 Å². The van der Waals surface area contributed by atoms with Crippen LogP contribution in [0.15, 0.2) is 54.6 Å². The molecule has 2 fully saturated rings. The van der Waals surface area contributed by atoms with Crippen molar-refractivity contribution >= 4 is 11.6 Å². The molecule has 2 aromatic rings. The Balaban J connectivity index is 1.42. The molecule has 2 atom stereocenters. The summed E-state index contributed by atoms with van der Waals surface area (Å²) in [7, 11) is 0. The van der Waals surface area contributed by atoms with Gasteiger partial charge >= 0.3 is 0 Å². The first-order valence-corrected chi connectivity index (χ1v) is 10.3. The summed E-state index contributed by atoms with van der Waals surface area (Å²) in [5, 5.41) is 9.20. The molecule has 2 aliphatic rings. The average molecular weight is 389 g/mol. The minimum Gasteiger partial charge on any atom is -0.358 e. The van der Waals surface area contributed by atoms with Gasteiger partial charge in [-0.05, 0) is 43.0 Å². The Morgan fingerprint density at radius 1 is 1.21 bits per heavy atom. The predicted molar refractivity (Wildman–Crippen MR) is 112 cm³/mol. The first-order valence-electron chi connectivity index (χ1n) is 10.3. The summed E-state index contributed by atoms with van der Waals surface area (Å²) in [6, 6.07) is 20.0. The van der Waals surface area contributed by atoms with Gasteiger partial charge in [0.2, 0.25) is 5.91 Å². The quantitative estimate of drug-likeness (QED) is 0.802. The molecule has 1 spiro atoms. The molecule has 0 aliphatic carbocycles. The highest BCUT2D eigenvalue weighted by molar-refractivity contribution is 5.96. The number of anilines is 1. The molecule has 0 N–H and O–H groups in total. The van der Waals surface area contributed by atoms with E-state index in [-0.39, 0.29) is 17.4 Å². The van der Waals surface area contributed by atoms with Crippen molar-refractivity contribution in [2.75, 3.05) is 31.3 Å². The standard InChI is InChI=1S/C24H27N3O2/c1-19-15-24(17-27(23(19)28)22-9-5-8-21(14-22)16-25)11-13-26(18-29-24)12-10-20-6-3-2-4-7-20/h2-9,14,19H,10-13,15,17-18H2,1H3. The van der Waals surface area contributed by atoms with Crippen molar-refractivity contribution in [3.05, 3.63) is 65.7 Å². The summed E-state index contributed by atoms with van der Waals surface area (Å²) in [6.45, 7) is 5.08. The molecule has 5 nitrogen and oxygen atoms in total. The maximum atomic E-state index is 12.9. The zero-order valence-electron chi connectivity index (χ0n) is 16.9. The normalized spacial score (nSPS) is 25.2. The number of ether oxygens (including phenoxy) is 1. The molecule has 2 heterocycles. The van der Waals surface area contributed by atoms with Gasteiger partial charge in [0, 0.05) is 24.7 Å². The van der Waals surface area contributed by atoms with E-state index in [4.69, 9.17) is 4.74 Å². The van der Waals surface area contributed by atoms with Crippen LogP contribution in [-0.4, -0.2) is 42.8 Å². The van der Waals surface area contributed by atoms with Gasteiger partial charge in [0.05, 0.1) is 30.5 Å². The van der Waals surface area contributed by atoms with Crippen molar-refractivity contribution in [1.82, 2.24) is 4.90 Å². The van der Waals surface area contributed by atoms with Crippen LogP contribution >= 0.6 is 0 Å². The van der Waals surface area contributed by atoms with Gasteiger partial charge in [-0.2, -0.15) is 5.26 Å². The van der Waals surface area contributed by atoms with Crippen molar-refractivity contribution in [2.45, 2.75) is 31.8 Å². The topological polar surface area (TPSA) is 56.6 Å². The molecule has 29 heavy (non-hydrogen) atoms. The van der Waals surface area contributed by atoms with Gasteiger partial charge in [-0.25, -0.2) is 0 Å². The Morgan fingerprint density at radius 3 is 2.76 bits per heavy atom. The molecule has 0 saturated carbocycles. The molecular weight excluding hydrogens is 362 g/mol. The fourth-order valence-corrected chi connectivity index (χ4v) is 4.42. The third kappa shape index (κ3) is 4.34. The molecule has 5 heteroatoms. The van der Waals surface area contributed by atoms with Crippen LogP contribution in [0.3, 0.4) is 0 Å². The highest BCUT2D eigenvalue weighted by Gasteiger charge is 2.45. The first kappa shape index (κ1) is 19.6. The summed E-state index contributed by atoms with van der Waals surface area (Å²) in [4.78, 5) is 17.0. The van der Waals surface area contributed by atoms with Crippen molar-refractivity contribution in [3.8, 4) is 6.07 Å². The number of nitrogens with zero attached hydrogens (tertiary/aromatic N) is 3. The highest BCUT2D eigenvalue weighted by atomic mass is 16.5. The number of carbonyl (C=O) groups is 1. The first-order chi connectivity index (χ1) is 14.1. The van der Waals surface area contributed by atoms with Gasteiger partial charge < -0.3 is 9.64 Å². The Bertz CT molecular complexity index is 898. The Hall–Kier alpha value is -2.68. The van der Waals surface area contributed by atoms with Crippen LogP contribution in [-0.2, 0) is 16.0 Å². The molecule has 2 aromatic carbocycles. The van der Waals surface area contributed by atoms with E-state index in [1.54, 1.807) is 12.1 Å². The van der Waals surface area contributed by atoms with Crippen molar-refractivity contribution in [3.63, 3.8) is 0 Å². The molecule has 2 saturated heterocycles. The van der Waals surface area contributed by atoms with Gasteiger partial charge in [-0.15, -0.1) is 0 Å². The van der Waals surface area contributed by atoms with Crippen LogP contribution in [0, 0.1) is 17.2 Å². The van der Waals surface area contributed by atoms with Crippen molar-refractivity contribution in [1.29, 1.82) is 5.26 Å². The summed E-state index contributed by atoms with van der Waals surface area (Å²) in [5.74, 6) is 0.0196. The summed E-state index contributed by atoms with van der Waals surface area (Å²) in [6.07, 6.45) is 2.68. The van der Waals surface area contributed by atoms with Crippen molar-refractivity contribution < 1.29 is 9.53 Å². The van der Waals surface area contributed by atoms with Crippen LogP contribution < -0.4 is 4.90 Å². The second-order valence-electron chi connectivity index (χ2n) is 8.25. The van der Waals surface area contributed by atoms with Crippen LogP contribution in [0.5, 0.6) is 0 Å². The third-order valence-electron chi connectivity index (χ3n) is 6.10. The van der Waals surface area contributed by atoms with E-state index in [1.807, 2.05) is 30.0 Å². The van der Waals surface area contributed by atoms with Gasteiger partial charge in [0.1, 0.15) is 0 Å². The number of nitriles is 1. The smallest absolute Gasteiger partial charge is 0.230 e. The fourth-order valence-electron chi connectivity index (χ4n) is 4.42. The molecule has 150 valence electrons. The van der Waals surface area contributed by atoms with E-state index >= 15 is 0 Å². The Kier molecular flexibility index (Phi) is 5.66. The average Bonchev–Trinajstić information content (AvgIpc) is 2.77. The lowest BCUT2D eigenvalue weighted by Crippen LogP contribution is -2.59. The van der Waals surface area contributed by atoms with Crippen LogP contribution in [0.25, 0.3) is 0 Å². The van der Waals surface area contributed by atoms with Gasteiger partial charge in [-0.3, -0.25) is 9.69 Å². The molecule has 2 aliphatic heterocycles. The number of benzene rings is 2. The molecule has 2 unspecified atom stereocenters. The largest absolute Gasteiger partial charge is 0.358 e. The zero-order valence-corrected chi connectivity index (χ0v) is 16.9. The summed E-state index contributed by atoms with van der Waals surface area (Å²) < 4.78 is 6.40. The monoisotopic (exact) mass is 389 g/mol. The predicted octanol–water partition coefficient (Wildman–Crippen LogP) is 3.59. The number of rotatable bonds is 4. The number of amides is 1. The van der Waals surface area contributed by atoms with E-state index in [9.17, 15) is 10.1 Å². The maximum absolute atomic E-state index is 12.9. The Morgan fingerprint density at radius 2 is 2.03 bits per heavy atom. The van der Waals surface area contributed by atoms with E-state index in [1.165, 1.54) is 5.56 Å². The lowest BCUT2D eigenvalue weighted by atomic mass is 9.82. The van der Waals surface area contributed by atoms with E-state index in [0.717, 1.165) is 38.0 Å². The van der Waals surface area contributed by atoms with Crippen LogP contribution in [0.1, 0.15) is 30.9 Å². The lowest BCUT2D eigenvalue weighted by molar-refractivity contribution is -0.158. The third-order valence-corrected chi connectivity index (χ3v) is 6.10.